The summed E-state index contributed by atoms with van der Waals surface area (Å²) in [5.74, 6) is 1.93. The van der Waals surface area contributed by atoms with Crippen LogP contribution in [0.1, 0.15) is 132 Å². The van der Waals surface area contributed by atoms with E-state index in [1.807, 2.05) is 0 Å². The van der Waals surface area contributed by atoms with Gasteiger partial charge in [-0.05, 0) is 122 Å². The number of ketones is 1. The number of ether oxygens (including phenoxy) is 1. The van der Waals surface area contributed by atoms with Gasteiger partial charge >= 0.3 is 5.97 Å². The van der Waals surface area contributed by atoms with Crippen LogP contribution in [-0.2, 0) is 19.1 Å². The first-order valence-corrected chi connectivity index (χ1v) is 17.4. The van der Waals surface area contributed by atoms with E-state index in [2.05, 4.69) is 53.4 Å². The molecule has 0 spiro atoms. The zero-order valence-electron chi connectivity index (χ0n) is 27.9. The third-order valence-electron chi connectivity index (χ3n) is 14.7. The fourth-order valence-corrected chi connectivity index (χ4v) is 12.7. The van der Waals surface area contributed by atoms with Crippen LogP contribution in [0.3, 0.4) is 0 Å². The summed E-state index contributed by atoms with van der Waals surface area (Å²) < 4.78 is 5.93. The molecule has 1 amide bonds. The van der Waals surface area contributed by atoms with Crippen LogP contribution in [0, 0.1) is 50.7 Å². The van der Waals surface area contributed by atoms with Crippen LogP contribution in [-0.4, -0.2) is 41.8 Å². The maximum Gasteiger partial charge on any atom is 0.302 e. The van der Waals surface area contributed by atoms with E-state index in [0.717, 1.165) is 76.5 Å². The van der Waals surface area contributed by atoms with Crippen molar-refractivity contribution in [3.05, 3.63) is 11.1 Å². The molecule has 5 heteroatoms. The van der Waals surface area contributed by atoms with E-state index < -0.39 is 5.41 Å². The fourth-order valence-electron chi connectivity index (χ4n) is 12.7. The molecule has 6 rings (SSSR count). The molecule has 5 aliphatic carbocycles. The molecule has 1 aliphatic heterocycles. The topological polar surface area (TPSA) is 63.7 Å². The van der Waals surface area contributed by atoms with Gasteiger partial charge in [-0.25, -0.2) is 0 Å². The summed E-state index contributed by atoms with van der Waals surface area (Å²) in [6.45, 7) is 20.0. The average Bonchev–Trinajstić information content (AvgIpc) is 3.24. The second-order valence-corrected chi connectivity index (χ2v) is 17.1. The number of carbonyl (C=O) groups excluding carboxylic acids is 3. The Morgan fingerprint density at radius 3 is 2.17 bits per heavy atom. The second-order valence-electron chi connectivity index (χ2n) is 17.1. The van der Waals surface area contributed by atoms with Crippen LogP contribution >= 0.6 is 0 Å². The highest BCUT2D eigenvalue weighted by Crippen LogP contribution is 2.76. The van der Waals surface area contributed by atoms with Crippen molar-refractivity contribution in [2.75, 3.05) is 13.1 Å². The number of amides is 1. The lowest BCUT2D eigenvalue weighted by atomic mass is 9.33. The first-order valence-electron chi connectivity index (χ1n) is 17.4. The zero-order chi connectivity index (χ0) is 30.5. The minimum Gasteiger partial charge on any atom is -0.462 e. The SMILES string of the molecule is CC(=O)O[C@H]1CC[C@@]2(C)C(CC[C@]3(C)C2CCC2C4=C(C(C)C)C(=O)C[C@]4(C(=O)N4CCCCC4)CC[C@]23C)C1(C)C. The summed E-state index contributed by atoms with van der Waals surface area (Å²) in [5, 5.41) is 0. The van der Waals surface area contributed by atoms with Crippen molar-refractivity contribution in [1.82, 2.24) is 4.90 Å². The largest absolute Gasteiger partial charge is 0.462 e. The molecular weight excluding hydrogens is 522 g/mol. The first kappa shape index (κ1) is 30.4. The van der Waals surface area contributed by atoms with Gasteiger partial charge in [0.15, 0.2) is 5.78 Å². The Bertz CT molecular complexity index is 1190. The highest BCUT2D eigenvalue weighted by molar-refractivity contribution is 6.07. The molecule has 0 aromatic rings. The minimum absolute atomic E-state index is 0.0105. The van der Waals surface area contributed by atoms with E-state index in [9.17, 15) is 14.4 Å². The van der Waals surface area contributed by atoms with E-state index in [0.29, 0.717) is 24.2 Å². The Kier molecular flexibility index (Phi) is 7.18. The van der Waals surface area contributed by atoms with Crippen LogP contribution in [0.2, 0.25) is 0 Å². The normalized spacial score (nSPS) is 44.7. The van der Waals surface area contributed by atoms with Gasteiger partial charge in [0.05, 0.1) is 5.41 Å². The zero-order valence-corrected chi connectivity index (χ0v) is 27.9. The van der Waals surface area contributed by atoms with Crippen LogP contribution in [0.15, 0.2) is 11.1 Å². The predicted octanol–water partition coefficient (Wildman–Crippen LogP) is 7.91. The third-order valence-corrected chi connectivity index (χ3v) is 14.7. The number of rotatable bonds is 3. The Labute approximate surface area is 255 Å². The summed E-state index contributed by atoms with van der Waals surface area (Å²) in [7, 11) is 0. The number of likely N-dealkylation sites (tertiary alicyclic amines) is 1. The predicted molar refractivity (Wildman–Crippen MR) is 165 cm³/mol. The number of fused-ring (bicyclic) bond motifs is 7. The van der Waals surface area contributed by atoms with Crippen molar-refractivity contribution in [2.45, 2.75) is 139 Å². The lowest BCUT2D eigenvalue weighted by molar-refractivity contribution is -0.232. The van der Waals surface area contributed by atoms with E-state index in [1.54, 1.807) is 6.92 Å². The molecule has 0 aromatic carbocycles. The van der Waals surface area contributed by atoms with Crippen molar-refractivity contribution in [2.24, 2.45) is 50.7 Å². The minimum atomic E-state index is -0.605. The highest BCUT2D eigenvalue weighted by Gasteiger charge is 2.71. The summed E-state index contributed by atoms with van der Waals surface area (Å²) in [5.41, 5.74) is 2.05. The number of carbonyl (C=O) groups is 3. The van der Waals surface area contributed by atoms with Crippen LogP contribution in [0.4, 0.5) is 0 Å². The number of hydrogen-bond donors (Lipinski definition) is 0. The van der Waals surface area contributed by atoms with Gasteiger partial charge in [0, 0.05) is 31.8 Å². The molecule has 4 saturated carbocycles. The molecule has 1 heterocycles. The van der Waals surface area contributed by atoms with E-state index in [4.69, 9.17) is 4.74 Å². The molecule has 0 N–H and O–H groups in total. The molecule has 1 saturated heterocycles. The van der Waals surface area contributed by atoms with Gasteiger partial charge in [-0.2, -0.15) is 0 Å². The van der Waals surface area contributed by atoms with Gasteiger partial charge in [0.1, 0.15) is 6.10 Å². The monoisotopic (exact) mass is 579 g/mol. The Morgan fingerprint density at radius 1 is 0.833 bits per heavy atom. The summed E-state index contributed by atoms with van der Waals surface area (Å²) in [6, 6.07) is 0. The van der Waals surface area contributed by atoms with Crippen molar-refractivity contribution >= 4 is 17.7 Å². The van der Waals surface area contributed by atoms with Gasteiger partial charge in [-0.3, -0.25) is 14.4 Å². The molecule has 0 bridgehead atoms. The van der Waals surface area contributed by atoms with Crippen LogP contribution in [0.5, 0.6) is 0 Å². The molecule has 0 radical (unpaired) electrons. The number of piperidine rings is 1. The molecule has 0 aromatic heterocycles. The Balaban J connectivity index is 1.39. The van der Waals surface area contributed by atoms with E-state index in [1.165, 1.54) is 18.4 Å². The summed E-state index contributed by atoms with van der Waals surface area (Å²) in [6.07, 6.45) is 12.3. The van der Waals surface area contributed by atoms with Crippen molar-refractivity contribution < 1.29 is 19.1 Å². The van der Waals surface area contributed by atoms with Gasteiger partial charge in [0.2, 0.25) is 5.91 Å². The molecule has 5 nitrogen and oxygen atoms in total. The Morgan fingerprint density at radius 2 is 1.52 bits per heavy atom. The first-order chi connectivity index (χ1) is 19.6. The van der Waals surface area contributed by atoms with Gasteiger partial charge in [0.25, 0.3) is 0 Å². The van der Waals surface area contributed by atoms with Crippen LogP contribution in [0.25, 0.3) is 0 Å². The van der Waals surface area contributed by atoms with Crippen molar-refractivity contribution in [3.8, 4) is 0 Å². The van der Waals surface area contributed by atoms with Crippen LogP contribution < -0.4 is 0 Å². The molecule has 3 unspecified atom stereocenters. The number of hydrogen-bond acceptors (Lipinski definition) is 4. The summed E-state index contributed by atoms with van der Waals surface area (Å²) in [4.78, 5) is 42.5. The molecule has 6 aliphatic rings. The lowest BCUT2D eigenvalue weighted by Crippen LogP contribution is -2.66. The van der Waals surface area contributed by atoms with Gasteiger partial charge in [-0.15, -0.1) is 0 Å². The molecule has 5 fully saturated rings. The highest BCUT2D eigenvalue weighted by atomic mass is 16.5. The molecular formula is C37H57NO4. The van der Waals surface area contributed by atoms with Crippen molar-refractivity contribution in [1.29, 1.82) is 0 Å². The molecule has 234 valence electrons. The number of allylic oxidation sites excluding steroid dienone is 1. The molecule has 42 heavy (non-hydrogen) atoms. The number of Topliss-reactive ketones (excluding diaryl/α,β-unsaturated/α-hetero) is 1. The second kappa shape index (κ2) is 9.93. The fraction of sp³-hybridized carbons (Fsp3) is 0.865. The lowest BCUT2D eigenvalue weighted by Gasteiger charge is -2.72. The molecule has 8 atom stereocenters. The number of esters is 1. The summed E-state index contributed by atoms with van der Waals surface area (Å²) >= 11 is 0. The van der Waals surface area contributed by atoms with Gasteiger partial charge < -0.3 is 9.64 Å². The quantitative estimate of drug-likeness (QED) is 0.319. The number of nitrogens with zero attached hydrogens (tertiary/aromatic N) is 1. The third kappa shape index (κ3) is 3.95. The van der Waals surface area contributed by atoms with E-state index in [-0.39, 0.29) is 51.3 Å². The average molecular weight is 580 g/mol. The maximum atomic E-state index is 14.5. The standard InChI is InChI=1S/C37H57NO4/c1-23(2)30-26(40)22-37(32(41)38-20-10-9-11-21-38)19-18-35(7)25(31(30)37)12-13-28-34(6)16-15-29(42-24(3)39)33(4,5)27(34)14-17-36(28,35)8/h23,25,27-29H,9-22H2,1-8H3/t25?,27?,28?,29-,34-,35+,36+,37+/m0/s1. The smallest absolute Gasteiger partial charge is 0.302 e. The van der Waals surface area contributed by atoms with Gasteiger partial charge in [-0.1, -0.05) is 48.5 Å². The Hall–Kier alpha value is -1.65. The maximum absolute atomic E-state index is 14.5. The van der Waals surface area contributed by atoms with E-state index >= 15 is 0 Å². The van der Waals surface area contributed by atoms with Crippen molar-refractivity contribution in [3.63, 3.8) is 0 Å².